The van der Waals surface area contributed by atoms with E-state index in [1.807, 2.05) is 0 Å². The molecule has 1 aliphatic rings. The molecule has 0 bridgehead atoms. The lowest BCUT2D eigenvalue weighted by atomic mass is 9.96. The van der Waals surface area contributed by atoms with Gasteiger partial charge in [-0.3, -0.25) is 4.79 Å². The fourth-order valence-electron chi connectivity index (χ4n) is 2.52. The predicted molar refractivity (Wildman–Crippen MR) is 77.2 cm³/mol. The summed E-state index contributed by atoms with van der Waals surface area (Å²) in [6.07, 6.45) is 8.24. The van der Waals surface area contributed by atoms with Gasteiger partial charge >= 0.3 is 0 Å². The molecule has 4 heteroatoms. The average molecular weight is 281 g/mol. The van der Waals surface area contributed by atoms with Crippen LogP contribution >= 0.6 is 12.6 Å². The quantitative estimate of drug-likeness (QED) is 0.789. The Hall–Kier alpha value is -1.03. The lowest BCUT2D eigenvalue weighted by Gasteiger charge is -2.21. The van der Waals surface area contributed by atoms with E-state index in [9.17, 15) is 9.18 Å². The highest BCUT2D eigenvalue weighted by Crippen LogP contribution is 2.18. The third-order valence-electron chi connectivity index (χ3n) is 3.65. The topological polar surface area (TPSA) is 29.1 Å². The zero-order valence-electron chi connectivity index (χ0n) is 11.0. The largest absolute Gasteiger partial charge is 0.349 e. The number of thiol groups is 1. The monoisotopic (exact) mass is 281 g/mol. The van der Waals surface area contributed by atoms with Gasteiger partial charge in [-0.15, -0.1) is 12.6 Å². The number of hydrogen-bond donors (Lipinski definition) is 2. The molecule has 1 fully saturated rings. The lowest BCUT2D eigenvalue weighted by molar-refractivity contribution is 0.0930. The van der Waals surface area contributed by atoms with Crippen molar-refractivity contribution in [3.05, 3.63) is 29.6 Å². The normalized spacial score (nSPS) is 17.6. The third kappa shape index (κ3) is 4.23. The average Bonchev–Trinajstić information content (AvgIpc) is 2.35. The van der Waals surface area contributed by atoms with Gasteiger partial charge in [-0.05, 0) is 31.0 Å². The Morgan fingerprint density at radius 1 is 1.16 bits per heavy atom. The zero-order chi connectivity index (χ0) is 13.7. The fraction of sp³-hybridized carbons (Fsp3) is 0.533. The molecule has 0 aliphatic heterocycles. The fourth-order valence-corrected chi connectivity index (χ4v) is 2.74. The van der Waals surface area contributed by atoms with Crippen molar-refractivity contribution >= 4 is 18.5 Å². The maximum absolute atomic E-state index is 13.1. The van der Waals surface area contributed by atoms with Crippen molar-refractivity contribution in [1.29, 1.82) is 0 Å². The van der Waals surface area contributed by atoms with Crippen LogP contribution in [0.25, 0.3) is 0 Å². The molecule has 0 unspecified atom stereocenters. The molecule has 1 N–H and O–H groups in total. The first-order chi connectivity index (χ1) is 9.16. The van der Waals surface area contributed by atoms with Gasteiger partial charge in [0.25, 0.3) is 5.91 Å². The molecular formula is C15H20FNOS. The Morgan fingerprint density at radius 2 is 1.79 bits per heavy atom. The van der Waals surface area contributed by atoms with Gasteiger partial charge in [0.05, 0.1) is 0 Å². The van der Waals surface area contributed by atoms with E-state index in [0.717, 1.165) is 12.8 Å². The van der Waals surface area contributed by atoms with Gasteiger partial charge in [0.1, 0.15) is 5.82 Å². The number of nitrogens with one attached hydrogen (secondary N) is 1. The van der Waals surface area contributed by atoms with E-state index < -0.39 is 5.82 Å². The van der Waals surface area contributed by atoms with Crippen LogP contribution in [-0.4, -0.2) is 11.9 Å². The number of halogens is 1. The molecular weight excluding hydrogens is 261 g/mol. The van der Waals surface area contributed by atoms with Gasteiger partial charge in [-0.2, -0.15) is 0 Å². The summed E-state index contributed by atoms with van der Waals surface area (Å²) < 4.78 is 13.1. The summed E-state index contributed by atoms with van der Waals surface area (Å²) in [5, 5.41) is 3.05. The molecule has 0 radical (unpaired) electrons. The van der Waals surface area contributed by atoms with Gasteiger partial charge in [-0.25, -0.2) is 4.39 Å². The van der Waals surface area contributed by atoms with Gasteiger partial charge in [0, 0.05) is 16.5 Å². The van der Waals surface area contributed by atoms with Crippen molar-refractivity contribution in [2.75, 3.05) is 0 Å². The van der Waals surface area contributed by atoms with E-state index in [1.165, 1.54) is 50.3 Å². The highest BCUT2D eigenvalue weighted by Gasteiger charge is 2.15. The van der Waals surface area contributed by atoms with Crippen molar-refractivity contribution in [3.63, 3.8) is 0 Å². The summed E-state index contributed by atoms with van der Waals surface area (Å²) in [6, 6.07) is 4.53. The highest BCUT2D eigenvalue weighted by atomic mass is 32.1. The predicted octanol–water partition coefficient (Wildman–Crippen LogP) is 3.96. The van der Waals surface area contributed by atoms with Crippen LogP contribution in [0.2, 0.25) is 0 Å². The standard InChI is InChI=1S/C15H20FNOS/c16-13-9-8-11(10-14(13)19)15(18)17-12-6-4-2-1-3-5-7-12/h8-10,12,19H,1-7H2,(H,17,18). The van der Waals surface area contributed by atoms with Crippen LogP contribution in [0.15, 0.2) is 23.1 Å². The van der Waals surface area contributed by atoms with E-state index in [0.29, 0.717) is 5.56 Å². The number of hydrogen-bond acceptors (Lipinski definition) is 2. The molecule has 1 aliphatic carbocycles. The number of benzene rings is 1. The second-order valence-electron chi connectivity index (χ2n) is 5.18. The molecule has 1 aromatic rings. The van der Waals surface area contributed by atoms with E-state index in [1.54, 1.807) is 0 Å². The van der Waals surface area contributed by atoms with Crippen LogP contribution in [0.1, 0.15) is 55.3 Å². The van der Waals surface area contributed by atoms with Crippen molar-refractivity contribution in [1.82, 2.24) is 5.32 Å². The first-order valence-corrected chi connectivity index (χ1v) is 7.41. The molecule has 0 atom stereocenters. The maximum Gasteiger partial charge on any atom is 0.251 e. The first kappa shape index (κ1) is 14.4. The molecule has 104 valence electrons. The number of rotatable bonds is 2. The Balaban J connectivity index is 1.96. The second-order valence-corrected chi connectivity index (χ2v) is 5.66. The Morgan fingerprint density at radius 3 is 2.42 bits per heavy atom. The lowest BCUT2D eigenvalue weighted by Crippen LogP contribution is -2.35. The van der Waals surface area contributed by atoms with Crippen LogP contribution in [0, 0.1) is 5.82 Å². The van der Waals surface area contributed by atoms with Crippen molar-refractivity contribution in [2.45, 2.75) is 55.9 Å². The summed E-state index contributed by atoms with van der Waals surface area (Å²) in [7, 11) is 0. The molecule has 19 heavy (non-hydrogen) atoms. The van der Waals surface area contributed by atoms with Gasteiger partial charge < -0.3 is 5.32 Å². The minimum absolute atomic E-state index is 0.124. The molecule has 2 rings (SSSR count). The van der Waals surface area contributed by atoms with Crippen molar-refractivity contribution in [3.8, 4) is 0 Å². The summed E-state index contributed by atoms with van der Waals surface area (Å²) in [5.41, 5.74) is 0.480. The molecule has 1 amide bonds. The Labute approximate surface area is 119 Å². The SMILES string of the molecule is O=C(NC1CCCCCCC1)c1ccc(F)c(S)c1. The number of carbonyl (C=O) groups excluding carboxylic acids is 1. The molecule has 2 nitrogen and oxygen atoms in total. The summed E-state index contributed by atoms with van der Waals surface area (Å²) in [6.45, 7) is 0. The smallest absolute Gasteiger partial charge is 0.251 e. The Kier molecular flexibility index (Phi) is 5.25. The molecule has 1 aromatic carbocycles. The van der Waals surface area contributed by atoms with E-state index in [2.05, 4.69) is 17.9 Å². The minimum Gasteiger partial charge on any atom is -0.349 e. The maximum atomic E-state index is 13.1. The van der Waals surface area contributed by atoms with Gasteiger partial charge in [0.2, 0.25) is 0 Å². The van der Waals surface area contributed by atoms with Crippen LogP contribution in [0.5, 0.6) is 0 Å². The zero-order valence-corrected chi connectivity index (χ0v) is 11.9. The summed E-state index contributed by atoms with van der Waals surface area (Å²) in [5.74, 6) is -0.522. The minimum atomic E-state index is -0.397. The van der Waals surface area contributed by atoms with E-state index >= 15 is 0 Å². The Bertz CT molecular complexity index is 442. The molecule has 1 saturated carbocycles. The first-order valence-electron chi connectivity index (χ1n) is 6.96. The van der Waals surface area contributed by atoms with Gasteiger partial charge in [0.15, 0.2) is 0 Å². The molecule has 0 spiro atoms. The van der Waals surface area contributed by atoms with E-state index in [-0.39, 0.29) is 16.8 Å². The van der Waals surface area contributed by atoms with E-state index in [4.69, 9.17) is 0 Å². The highest BCUT2D eigenvalue weighted by molar-refractivity contribution is 7.80. The van der Waals surface area contributed by atoms with Crippen LogP contribution < -0.4 is 5.32 Å². The second kappa shape index (κ2) is 6.94. The molecule has 0 heterocycles. The summed E-state index contributed by atoms with van der Waals surface area (Å²) in [4.78, 5) is 12.3. The van der Waals surface area contributed by atoms with Gasteiger partial charge in [-0.1, -0.05) is 32.1 Å². The third-order valence-corrected chi connectivity index (χ3v) is 3.99. The van der Waals surface area contributed by atoms with Crippen LogP contribution in [0.4, 0.5) is 4.39 Å². The molecule has 0 aromatic heterocycles. The van der Waals surface area contributed by atoms with Crippen LogP contribution in [0.3, 0.4) is 0 Å². The molecule has 0 saturated heterocycles. The number of amides is 1. The number of carbonyl (C=O) groups is 1. The summed E-state index contributed by atoms with van der Waals surface area (Å²) >= 11 is 4.00. The van der Waals surface area contributed by atoms with Crippen molar-refractivity contribution in [2.24, 2.45) is 0 Å². The van der Waals surface area contributed by atoms with Crippen LogP contribution in [-0.2, 0) is 0 Å². The van der Waals surface area contributed by atoms with Crippen molar-refractivity contribution < 1.29 is 9.18 Å².